The van der Waals surface area contributed by atoms with Crippen LogP contribution in [0.2, 0.25) is 5.02 Å². The van der Waals surface area contributed by atoms with E-state index in [1.165, 1.54) is 0 Å². The third-order valence-electron chi connectivity index (χ3n) is 4.21. The number of halogens is 1. The van der Waals surface area contributed by atoms with Crippen LogP contribution < -0.4 is 5.32 Å². The molecule has 122 valence electrons. The van der Waals surface area contributed by atoms with Crippen LogP contribution in [0, 0.1) is 0 Å². The van der Waals surface area contributed by atoms with E-state index in [2.05, 4.69) is 15.3 Å². The predicted octanol–water partition coefficient (Wildman–Crippen LogP) is 2.90. The van der Waals surface area contributed by atoms with Crippen molar-refractivity contribution < 1.29 is 8.42 Å². The number of aromatic nitrogens is 2. The van der Waals surface area contributed by atoms with Crippen LogP contribution in [-0.4, -0.2) is 24.9 Å². The third-order valence-corrected chi connectivity index (χ3v) is 6.69. The molecule has 1 atom stereocenters. The summed E-state index contributed by atoms with van der Waals surface area (Å²) in [7, 11) is -3.56. The number of nitrogens with zero attached hydrogens (tertiary/aromatic N) is 2. The number of benzene rings is 1. The van der Waals surface area contributed by atoms with Crippen molar-refractivity contribution in [3.63, 3.8) is 0 Å². The van der Waals surface area contributed by atoms with E-state index in [0.29, 0.717) is 33.1 Å². The molecular weight excluding hydrogens is 346 g/mol. The van der Waals surface area contributed by atoms with Gasteiger partial charge in [-0.3, -0.25) is 9.97 Å². The average Bonchev–Trinajstić information content (AvgIpc) is 2.71. The lowest BCUT2D eigenvalue weighted by Gasteiger charge is -2.16. The molecule has 0 saturated heterocycles. The first-order valence-electron chi connectivity index (χ1n) is 7.50. The minimum Gasteiger partial charge on any atom is -0.311 e. The Bertz CT molecular complexity index is 1040. The van der Waals surface area contributed by atoms with Crippen molar-refractivity contribution in [2.45, 2.75) is 16.7 Å². The summed E-state index contributed by atoms with van der Waals surface area (Å²) < 4.78 is 26.3. The molecule has 0 amide bonds. The average molecular weight is 360 g/mol. The van der Waals surface area contributed by atoms with Crippen molar-refractivity contribution in [1.29, 1.82) is 0 Å². The fraction of sp³-hybridized carbons (Fsp3) is 0.176. The lowest BCUT2D eigenvalue weighted by molar-refractivity contribution is 0.575. The van der Waals surface area contributed by atoms with Gasteiger partial charge in [0.1, 0.15) is 5.25 Å². The highest BCUT2D eigenvalue weighted by Crippen LogP contribution is 2.34. The zero-order valence-electron chi connectivity index (χ0n) is 12.6. The molecule has 0 spiro atoms. The molecule has 1 aliphatic rings. The zero-order valence-corrected chi connectivity index (χ0v) is 14.2. The summed E-state index contributed by atoms with van der Waals surface area (Å²) in [6.45, 7) is 0.800. The second-order valence-electron chi connectivity index (χ2n) is 5.69. The van der Waals surface area contributed by atoms with Gasteiger partial charge in [-0.05, 0) is 23.8 Å². The molecule has 0 aliphatic carbocycles. The number of nitrogens with one attached hydrogen (secondary N) is 1. The molecule has 24 heavy (non-hydrogen) atoms. The number of pyridine rings is 2. The Balaban J connectivity index is 1.90. The zero-order chi connectivity index (χ0) is 16.7. The minimum absolute atomic E-state index is 0.289. The molecule has 7 heteroatoms. The van der Waals surface area contributed by atoms with Crippen LogP contribution in [0.5, 0.6) is 0 Å². The first-order chi connectivity index (χ1) is 11.6. The van der Waals surface area contributed by atoms with E-state index in [0.717, 1.165) is 5.56 Å². The molecule has 0 radical (unpaired) electrons. The Morgan fingerprint density at radius 2 is 2.04 bits per heavy atom. The fourth-order valence-electron chi connectivity index (χ4n) is 3.00. The summed E-state index contributed by atoms with van der Waals surface area (Å²) in [5, 5.41) is 3.58. The van der Waals surface area contributed by atoms with E-state index in [4.69, 9.17) is 11.6 Å². The molecule has 0 bridgehead atoms. The number of fused-ring (bicyclic) bond motifs is 2. The summed E-state index contributed by atoms with van der Waals surface area (Å²) in [4.78, 5) is 8.91. The van der Waals surface area contributed by atoms with Crippen molar-refractivity contribution in [2.75, 3.05) is 6.54 Å². The standard InChI is InChI=1S/C17H14ClN3O2S/c18-13-7-15(21-14-5-6-19-9-12(13)14)17-10-20-8-11-3-1-2-4-16(11)24(17,22)23/h1-7,9,17,20H,8,10H2. The molecule has 3 aromatic rings. The van der Waals surface area contributed by atoms with Gasteiger partial charge in [0, 0.05) is 30.9 Å². The van der Waals surface area contributed by atoms with Gasteiger partial charge in [0.25, 0.3) is 0 Å². The molecule has 2 aromatic heterocycles. The molecular formula is C17H14ClN3O2S. The molecule has 3 heterocycles. The van der Waals surface area contributed by atoms with Gasteiger partial charge in [0.05, 0.1) is 21.1 Å². The number of hydrogen-bond acceptors (Lipinski definition) is 5. The van der Waals surface area contributed by atoms with Gasteiger partial charge in [0.2, 0.25) is 0 Å². The van der Waals surface area contributed by atoms with Gasteiger partial charge in [-0.25, -0.2) is 8.42 Å². The second-order valence-corrected chi connectivity index (χ2v) is 8.20. The van der Waals surface area contributed by atoms with Gasteiger partial charge in [-0.15, -0.1) is 0 Å². The van der Waals surface area contributed by atoms with E-state index in [1.807, 2.05) is 12.1 Å². The van der Waals surface area contributed by atoms with Crippen LogP contribution in [-0.2, 0) is 16.4 Å². The Morgan fingerprint density at radius 1 is 1.21 bits per heavy atom. The summed E-state index contributed by atoms with van der Waals surface area (Å²) in [5.74, 6) is 0. The van der Waals surface area contributed by atoms with Gasteiger partial charge in [0.15, 0.2) is 9.84 Å². The molecule has 1 N–H and O–H groups in total. The summed E-state index contributed by atoms with van der Waals surface area (Å²) in [6, 6.07) is 10.4. The summed E-state index contributed by atoms with van der Waals surface area (Å²) in [6.07, 6.45) is 3.24. The van der Waals surface area contributed by atoms with Gasteiger partial charge >= 0.3 is 0 Å². The largest absolute Gasteiger partial charge is 0.311 e. The first kappa shape index (κ1) is 15.5. The molecule has 1 unspecified atom stereocenters. The van der Waals surface area contributed by atoms with E-state index in [9.17, 15) is 8.42 Å². The van der Waals surface area contributed by atoms with Crippen molar-refractivity contribution in [3.8, 4) is 0 Å². The molecule has 1 aromatic carbocycles. The molecule has 0 fully saturated rings. The number of hydrogen-bond donors (Lipinski definition) is 1. The third kappa shape index (κ3) is 2.47. The minimum atomic E-state index is -3.56. The second kappa shape index (κ2) is 5.81. The maximum atomic E-state index is 13.1. The molecule has 5 nitrogen and oxygen atoms in total. The normalized spacial score (nSPS) is 19.6. The maximum absolute atomic E-state index is 13.1. The highest BCUT2D eigenvalue weighted by atomic mass is 35.5. The van der Waals surface area contributed by atoms with Crippen LogP contribution in [0.15, 0.2) is 53.7 Å². The van der Waals surface area contributed by atoms with Crippen LogP contribution in [0.25, 0.3) is 10.9 Å². The van der Waals surface area contributed by atoms with Crippen molar-refractivity contribution in [1.82, 2.24) is 15.3 Å². The lowest BCUT2D eigenvalue weighted by Crippen LogP contribution is -2.24. The Kier molecular flexibility index (Phi) is 3.75. The van der Waals surface area contributed by atoms with Crippen molar-refractivity contribution in [3.05, 3.63) is 65.1 Å². The van der Waals surface area contributed by atoms with Crippen molar-refractivity contribution in [2.24, 2.45) is 0 Å². The van der Waals surface area contributed by atoms with Crippen molar-refractivity contribution >= 4 is 32.3 Å². The quantitative estimate of drug-likeness (QED) is 0.723. The van der Waals surface area contributed by atoms with E-state index >= 15 is 0 Å². The van der Waals surface area contributed by atoms with Crippen LogP contribution in [0.4, 0.5) is 0 Å². The molecule has 0 saturated carbocycles. The fourth-order valence-corrected chi connectivity index (χ4v) is 5.12. The SMILES string of the molecule is O=S1(=O)c2ccccc2CNCC1c1cc(Cl)c2cnccc2n1. The molecule has 4 rings (SSSR count). The van der Waals surface area contributed by atoms with E-state index in [1.54, 1.807) is 36.7 Å². The van der Waals surface area contributed by atoms with Gasteiger partial charge in [-0.1, -0.05) is 29.8 Å². The first-order valence-corrected chi connectivity index (χ1v) is 9.42. The number of rotatable bonds is 1. The summed E-state index contributed by atoms with van der Waals surface area (Å²) >= 11 is 6.32. The van der Waals surface area contributed by atoms with Crippen LogP contribution in [0.3, 0.4) is 0 Å². The molecule has 1 aliphatic heterocycles. The van der Waals surface area contributed by atoms with E-state index < -0.39 is 15.1 Å². The maximum Gasteiger partial charge on any atom is 0.188 e. The monoisotopic (exact) mass is 359 g/mol. The summed E-state index contributed by atoms with van der Waals surface area (Å²) in [5.41, 5.74) is 1.86. The van der Waals surface area contributed by atoms with Crippen LogP contribution >= 0.6 is 11.6 Å². The van der Waals surface area contributed by atoms with Gasteiger partial charge < -0.3 is 5.32 Å². The highest BCUT2D eigenvalue weighted by Gasteiger charge is 2.34. The van der Waals surface area contributed by atoms with Gasteiger partial charge in [-0.2, -0.15) is 0 Å². The predicted molar refractivity (Wildman–Crippen MR) is 92.6 cm³/mol. The smallest absolute Gasteiger partial charge is 0.188 e. The Hall–Kier alpha value is -2.02. The van der Waals surface area contributed by atoms with Crippen LogP contribution in [0.1, 0.15) is 16.5 Å². The lowest BCUT2D eigenvalue weighted by atomic mass is 10.2. The Labute approximate surface area is 144 Å². The van der Waals surface area contributed by atoms with E-state index in [-0.39, 0.29) is 6.54 Å². The Morgan fingerprint density at radius 3 is 2.92 bits per heavy atom. The number of sulfone groups is 1. The highest BCUT2D eigenvalue weighted by molar-refractivity contribution is 7.91. The topological polar surface area (TPSA) is 72.0 Å².